The zero-order valence-corrected chi connectivity index (χ0v) is 15.3. The molecule has 3 atom stereocenters. The summed E-state index contributed by atoms with van der Waals surface area (Å²) >= 11 is 0. The molecular formula is C17H25ClF3N3O. The van der Waals surface area contributed by atoms with Crippen LogP contribution in [0.15, 0.2) is 4.52 Å². The zero-order chi connectivity index (χ0) is 17.2. The first kappa shape index (κ1) is 19.0. The van der Waals surface area contributed by atoms with E-state index >= 15 is 0 Å². The standard InChI is InChI=1S/C17H24F3N3O.ClH/c1-10(21-2)3-13-22-14(24-23-13)15-5-11-4-12(6-15)8-16(7-11,9-15)17(18,19)20;/h10-12,21H,3-9H2,1-2H3;1H. The number of nitrogens with one attached hydrogen (secondary N) is 1. The summed E-state index contributed by atoms with van der Waals surface area (Å²) in [5.74, 6) is 1.31. The largest absolute Gasteiger partial charge is 0.394 e. The molecule has 1 aromatic rings. The summed E-state index contributed by atoms with van der Waals surface area (Å²) in [6.45, 7) is 2.01. The highest BCUT2D eigenvalue weighted by atomic mass is 35.5. The molecule has 8 heteroatoms. The van der Waals surface area contributed by atoms with E-state index in [0.29, 0.717) is 18.1 Å². The van der Waals surface area contributed by atoms with Crippen LogP contribution in [0.3, 0.4) is 0 Å². The van der Waals surface area contributed by atoms with Crippen LogP contribution in [0, 0.1) is 17.3 Å². The normalized spacial score (nSPS) is 37.8. The maximum absolute atomic E-state index is 13.8. The lowest BCUT2D eigenvalue weighted by atomic mass is 9.44. The van der Waals surface area contributed by atoms with Crippen molar-refractivity contribution in [2.45, 2.75) is 69.5 Å². The van der Waals surface area contributed by atoms with Crippen molar-refractivity contribution in [3.63, 3.8) is 0 Å². The second-order valence-electron chi connectivity index (χ2n) is 8.43. The molecule has 4 nitrogen and oxygen atoms in total. The monoisotopic (exact) mass is 379 g/mol. The van der Waals surface area contributed by atoms with Crippen molar-refractivity contribution in [1.82, 2.24) is 15.5 Å². The summed E-state index contributed by atoms with van der Waals surface area (Å²) in [7, 11) is 1.86. The Kier molecular flexibility index (Phi) is 4.64. The van der Waals surface area contributed by atoms with Crippen molar-refractivity contribution >= 4 is 12.4 Å². The Balaban J connectivity index is 0.00000182. The first-order chi connectivity index (χ1) is 11.3. The Morgan fingerprint density at radius 3 is 2.44 bits per heavy atom. The Bertz CT molecular complexity index is 619. The van der Waals surface area contributed by atoms with E-state index in [1.165, 1.54) is 0 Å². The van der Waals surface area contributed by atoms with Gasteiger partial charge in [-0.05, 0) is 64.3 Å². The quantitative estimate of drug-likeness (QED) is 0.857. The Morgan fingerprint density at radius 2 is 1.88 bits per heavy atom. The molecule has 0 spiro atoms. The summed E-state index contributed by atoms with van der Waals surface area (Å²) in [5.41, 5.74) is -2.10. The molecule has 0 aliphatic heterocycles. The van der Waals surface area contributed by atoms with Gasteiger partial charge < -0.3 is 9.84 Å². The Morgan fingerprint density at radius 1 is 1.24 bits per heavy atom. The summed E-state index contributed by atoms with van der Waals surface area (Å²) in [6.07, 6.45) is -0.363. The molecule has 1 aromatic heterocycles. The van der Waals surface area contributed by atoms with Crippen LogP contribution in [-0.2, 0) is 11.8 Å². The van der Waals surface area contributed by atoms with Crippen LogP contribution >= 0.6 is 12.4 Å². The highest BCUT2D eigenvalue weighted by molar-refractivity contribution is 5.85. The average Bonchev–Trinajstić information content (AvgIpc) is 2.94. The summed E-state index contributed by atoms with van der Waals surface area (Å²) in [6, 6.07) is 0.202. The van der Waals surface area contributed by atoms with Crippen molar-refractivity contribution in [3.8, 4) is 0 Å². The van der Waals surface area contributed by atoms with Gasteiger partial charge in [0.2, 0.25) is 5.89 Å². The molecule has 1 N–H and O–H groups in total. The van der Waals surface area contributed by atoms with Gasteiger partial charge in [0.05, 0.1) is 10.8 Å². The van der Waals surface area contributed by atoms with Gasteiger partial charge in [0, 0.05) is 12.5 Å². The molecule has 0 aromatic carbocycles. The molecule has 4 fully saturated rings. The van der Waals surface area contributed by atoms with E-state index < -0.39 is 17.0 Å². The number of hydrogen-bond donors (Lipinski definition) is 1. The molecule has 25 heavy (non-hydrogen) atoms. The second-order valence-corrected chi connectivity index (χ2v) is 8.43. The van der Waals surface area contributed by atoms with E-state index in [1.54, 1.807) is 0 Å². The molecule has 0 radical (unpaired) electrons. The summed E-state index contributed by atoms with van der Waals surface area (Å²) < 4.78 is 47.0. The molecule has 0 saturated heterocycles. The smallest absolute Gasteiger partial charge is 0.339 e. The Labute approximate surface area is 151 Å². The van der Waals surface area contributed by atoms with E-state index in [1.807, 2.05) is 14.0 Å². The topological polar surface area (TPSA) is 51.0 Å². The van der Waals surface area contributed by atoms with Crippen molar-refractivity contribution in [3.05, 3.63) is 11.7 Å². The lowest BCUT2D eigenvalue weighted by molar-refractivity contribution is -0.279. The molecule has 4 bridgehead atoms. The Hall–Kier alpha value is -0.820. The van der Waals surface area contributed by atoms with Crippen LogP contribution in [0.2, 0.25) is 0 Å². The molecule has 0 amide bonds. The van der Waals surface area contributed by atoms with Crippen molar-refractivity contribution < 1.29 is 17.7 Å². The SMILES string of the molecule is CNC(C)Cc1noc(C23CC4CC(C2)CC(C(F)(F)F)(C4)C3)n1.Cl. The predicted octanol–water partition coefficient (Wildman–Crippen LogP) is 4.04. The van der Waals surface area contributed by atoms with Gasteiger partial charge in [-0.25, -0.2) is 0 Å². The molecule has 5 rings (SSSR count). The molecule has 142 valence electrons. The fraction of sp³-hybridized carbons (Fsp3) is 0.882. The maximum Gasteiger partial charge on any atom is 0.394 e. The number of nitrogens with zero attached hydrogens (tertiary/aromatic N) is 2. The maximum atomic E-state index is 13.8. The van der Waals surface area contributed by atoms with Crippen LogP contribution in [0.5, 0.6) is 0 Å². The van der Waals surface area contributed by atoms with E-state index in [2.05, 4.69) is 15.5 Å². The minimum Gasteiger partial charge on any atom is -0.339 e. The third-order valence-electron chi connectivity index (χ3n) is 6.57. The van der Waals surface area contributed by atoms with Crippen molar-refractivity contribution in [2.24, 2.45) is 17.3 Å². The average molecular weight is 380 g/mol. The molecule has 4 saturated carbocycles. The minimum absolute atomic E-state index is 0. The summed E-state index contributed by atoms with van der Waals surface area (Å²) in [4.78, 5) is 4.52. The van der Waals surface area contributed by atoms with Crippen LogP contribution < -0.4 is 5.32 Å². The number of rotatable bonds is 4. The highest BCUT2D eigenvalue weighted by Crippen LogP contribution is 2.69. The van der Waals surface area contributed by atoms with Gasteiger partial charge in [0.1, 0.15) is 0 Å². The van der Waals surface area contributed by atoms with Gasteiger partial charge in [0.15, 0.2) is 5.82 Å². The third kappa shape index (κ3) is 2.97. The van der Waals surface area contributed by atoms with Crippen molar-refractivity contribution in [2.75, 3.05) is 7.05 Å². The molecular weight excluding hydrogens is 355 g/mol. The first-order valence-corrected chi connectivity index (χ1v) is 8.82. The van der Waals surface area contributed by atoms with E-state index in [0.717, 1.165) is 19.3 Å². The van der Waals surface area contributed by atoms with E-state index in [4.69, 9.17) is 4.52 Å². The van der Waals surface area contributed by atoms with E-state index in [-0.39, 0.29) is 49.5 Å². The number of alkyl halides is 3. The molecule has 3 unspecified atom stereocenters. The summed E-state index contributed by atoms with van der Waals surface area (Å²) in [5, 5.41) is 7.15. The van der Waals surface area contributed by atoms with Gasteiger partial charge in [0.25, 0.3) is 0 Å². The van der Waals surface area contributed by atoms with Gasteiger partial charge in [-0.3, -0.25) is 0 Å². The lowest BCUT2D eigenvalue weighted by Crippen LogP contribution is -2.59. The third-order valence-corrected chi connectivity index (χ3v) is 6.57. The fourth-order valence-corrected chi connectivity index (χ4v) is 5.77. The molecule has 1 heterocycles. The molecule has 4 aliphatic rings. The van der Waals surface area contributed by atoms with Crippen LogP contribution in [0.1, 0.15) is 57.2 Å². The zero-order valence-electron chi connectivity index (χ0n) is 14.5. The van der Waals surface area contributed by atoms with Crippen LogP contribution in [0.4, 0.5) is 13.2 Å². The van der Waals surface area contributed by atoms with Gasteiger partial charge >= 0.3 is 6.18 Å². The number of hydrogen-bond acceptors (Lipinski definition) is 4. The van der Waals surface area contributed by atoms with Crippen molar-refractivity contribution in [1.29, 1.82) is 0 Å². The lowest BCUT2D eigenvalue weighted by Gasteiger charge is -2.60. The second kappa shape index (κ2) is 6.12. The predicted molar refractivity (Wildman–Crippen MR) is 88.6 cm³/mol. The van der Waals surface area contributed by atoms with Gasteiger partial charge in [-0.2, -0.15) is 18.2 Å². The van der Waals surface area contributed by atoms with Crippen LogP contribution in [-0.4, -0.2) is 29.4 Å². The molecule has 4 aliphatic carbocycles. The number of aromatic nitrogens is 2. The number of likely N-dealkylation sites (N-methyl/N-ethyl adjacent to an activating group) is 1. The minimum atomic E-state index is -4.14. The van der Waals surface area contributed by atoms with Gasteiger partial charge in [-0.15, -0.1) is 12.4 Å². The van der Waals surface area contributed by atoms with Gasteiger partial charge in [-0.1, -0.05) is 5.16 Å². The fourth-order valence-electron chi connectivity index (χ4n) is 5.77. The number of halogens is 4. The van der Waals surface area contributed by atoms with Crippen LogP contribution in [0.25, 0.3) is 0 Å². The highest BCUT2D eigenvalue weighted by Gasteiger charge is 2.68. The van der Waals surface area contributed by atoms with E-state index in [9.17, 15) is 13.2 Å². The first-order valence-electron chi connectivity index (χ1n) is 8.82.